The third-order valence-electron chi connectivity index (χ3n) is 3.90. The molecule has 3 atom stereocenters. The van der Waals surface area contributed by atoms with Crippen LogP contribution in [0.4, 0.5) is 0 Å². The molecule has 0 saturated heterocycles. The highest BCUT2D eigenvalue weighted by molar-refractivity contribution is 5.76. The lowest BCUT2D eigenvalue weighted by Crippen LogP contribution is -2.44. The van der Waals surface area contributed by atoms with E-state index in [9.17, 15) is 9.90 Å². The number of esters is 1. The molecule has 0 radical (unpaired) electrons. The lowest BCUT2D eigenvalue weighted by Gasteiger charge is -2.35. The van der Waals surface area contributed by atoms with E-state index in [1.165, 1.54) is 0 Å². The van der Waals surface area contributed by atoms with Gasteiger partial charge in [-0.1, -0.05) is 37.3 Å². The predicted octanol–water partition coefficient (Wildman–Crippen LogP) is 2.96. The first-order valence-corrected chi connectivity index (χ1v) is 7.29. The highest BCUT2D eigenvalue weighted by Gasteiger charge is 2.42. The fraction of sp³-hybridized carbons (Fsp3) is 0.588. The first kappa shape index (κ1) is 17.7. The Hall–Kier alpha value is -1.39. The van der Waals surface area contributed by atoms with Gasteiger partial charge in [0.25, 0.3) is 0 Å². The van der Waals surface area contributed by atoms with Crippen molar-refractivity contribution >= 4 is 5.97 Å². The van der Waals surface area contributed by atoms with Crippen molar-refractivity contribution in [2.45, 2.75) is 39.9 Å². The summed E-state index contributed by atoms with van der Waals surface area (Å²) in [5.74, 6) is -0.649. The van der Waals surface area contributed by atoms with E-state index in [0.717, 1.165) is 5.56 Å². The smallest absolute Gasteiger partial charge is 0.314 e. The van der Waals surface area contributed by atoms with Gasteiger partial charge in [-0.15, -0.1) is 0 Å². The fourth-order valence-corrected chi connectivity index (χ4v) is 2.56. The number of aliphatic hydroxyl groups is 1. The lowest BCUT2D eigenvalue weighted by molar-refractivity contribution is -0.164. The third kappa shape index (κ3) is 4.05. The molecule has 118 valence electrons. The Morgan fingerprint density at radius 1 is 1.29 bits per heavy atom. The van der Waals surface area contributed by atoms with Gasteiger partial charge in [0.15, 0.2) is 0 Å². The van der Waals surface area contributed by atoms with Crippen molar-refractivity contribution in [1.82, 2.24) is 0 Å². The molecule has 1 aromatic carbocycles. The maximum atomic E-state index is 12.0. The van der Waals surface area contributed by atoms with Gasteiger partial charge in [0.05, 0.1) is 24.2 Å². The summed E-state index contributed by atoms with van der Waals surface area (Å²) in [6, 6.07) is 9.69. The summed E-state index contributed by atoms with van der Waals surface area (Å²) in [5, 5.41) is 10.6. The zero-order chi connectivity index (χ0) is 16.0. The van der Waals surface area contributed by atoms with Crippen LogP contribution in [-0.4, -0.2) is 30.9 Å². The van der Waals surface area contributed by atoms with Crippen LogP contribution in [0.5, 0.6) is 0 Å². The Kier molecular flexibility index (Phi) is 6.37. The van der Waals surface area contributed by atoms with Crippen LogP contribution in [0, 0.1) is 11.3 Å². The number of hydrogen-bond acceptors (Lipinski definition) is 4. The van der Waals surface area contributed by atoms with E-state index < -0.39 is 17.5 Å². The summed E-state index contributed by atoms with van der Waals surface area (Å²) in [7, 11) is 1.61. The monoisotopic (exact) mass is 294 g/mol. The van der Waals surface area contributed by atoms with Crippen molar-refractivity contribution in [3.63, 3.8) is 0 Å². The van der Waals surface area contributed by atoms with E-state index in [-0.39, 0.29) is 12.0 Å². The molecule has 0 aromatic heterocycles. The van der Waals surface area contributed by atoms with Gasteiger partial charge in [0.1, 0.15) is 0 Å². The number of rotatable bonds is 7. The normalized spacial score (nSPS) is 16.1. The quantitative estimate of drug-likeness (QED) is 0.786. The van der Waals surface area contributed by atoms with Gasteiger partial charge in [-0.25, -0.2) is 0 Å². The summed E-state index contributed by atoms with van der Waals surface area (Å²) in [4.78, 5) is 12.0. The zero-order valence-electron chi connectivity index (χ0n) is 13.5. The molecule has 4 heteroatoms. The second-order valence-corrected chi connectivity index (χ2v) is 5.81. The molecule has 0 aliphatic carbocycles. The van der Waals surface area contributed by atoms with E-state index in [4.69, 9.17) is 9.47 Å². The van der Waals surface area contributed by atoms with Crippen LogP contribution < -0.4 is 0 Å². The van der Waals surface area contributed by atoms with Crippen LogP contribution in [0.2, 0.25) is 0 Å². The average Bonchev–Trinajstić information content (AvgIpc) is 2.48. The third-order valence-corrected chi connectivity index (χ3v) is 3.90. The Morgan fingerprint density at radius 2 is 1.86 bits per heavy atom. The van der Waals surface area contributed by atoms with Gasteiger partial charge >= 0.3 is 5.97 Å². The van der Waals surface area contributed by atoms with Crippen LogP contribution in [-0.2, 0) is 14.3 Å². The minimum Gasteiger partial charge on any atom is -0.466 e. The molecule has 1 rings (SSSR count). The summed E-state index contributed by atoms with van der Waals surface area (Å²) < 4.78 is 10.6. The summed E-state index contributed by atoms with van der Waals surface area (Å²) in [5.41, 5.74) is -0.00716. The molecular weight excluding hydrogens is 268 g/mol. The molecule has 0 amide bonds. The molecule has 21 heavy (non-hydrogen) atoms. The van der Waals surface area contributed by atoms with Gasteiger partial charge < -0.3 is 14.6 Å². The van der Waals surface area contributed by atoms with Crippen molar-refractivity contribution in [2.75, 3.05) is 13.7 Å². The van der Waals surface area contributed by atoms with Crippen molar-refractivity contribution in [1.29, 1.82) is 0 Å². The SMILES string of the molecule is CCOC(=O)C(C)(C)[C@H](O)[C@@H](C)[C@H](OC)c1ccccc1. The van der Waals surface area contributed by atoms with Crippen molar-refractivity contribution in [3.8, 4) is 0 Å². The first-order chi connectivity index (χ1) is 9.86. The van der Waals surface area contributed by atoms with Crippen LogP contribution in [0.25, 0.3) is 0 Å². The van der Waals surface area contributed by atoms with Gasteiger partial charge in [0.2, 0.25) is 0 Å². The lowest BCUT2D eigenvalue weighted by atomic mass is 9.77. The van der Waals surface area contributed by atoms with Crippen LogP contribution in [0.15, 0.2) is 30.3 Å². The minimum atomic E-state index is -0.985. The highest BCUT2D eigenvalue weighted by Crippen LogP contribution is 2.36. The number of methoxy groups -OCH3 is 1. The van der Waals surface area contributed by atoms with E-state index in [2.05, 4.69) is 0 Å². The molecule has 4 nitrogen and oxygen atoms in total. The Labute approximate surface area is 127 Å². The van der Waals surface area contributed by atoms with E-state index in [1.54, 1.807) is 27.9 Å². The van der Waals surface area contributed by atoms with E-state index >= 15 is 0 Å². The number of carbonyl (C=O) groups excluding carboxylic acids is 1. The maximum absolute atomic E-state index is 12.0. The van der Waals surface area contributed by atoms with Gasteiger partial charge in [0, 0.05) is 13.0 Å². The maximum Gasteiger partial charge on any atom is 0.314 e. The standard InChI is InChI=1S/C17H26O4/c1-6-21-16(19)17(3,4)15(18)12(2)14(20-5)13-10-8-7-9-11-13/h7-12,14-15,18H,6H2,1-5H3/t12-,14-,15+/m0/s1. The summed E-state index contributed by atoms with van der Waals surface area (Å²) >= 11 is 0. The molecule has 0 bridgehead atoms. The van der Waals surface area contributed by atoms with E-state index in [1.807, 2.05) is 37.3 Å². The van der Waals surface area contributed by atoms with Gasteiger partial charge in [-0.3, -0.25) is 4.79 Å². The van der Waals surface area contributed by atoms with Crippen LogP contribution in [0.1, 0.15) is 39.4 Å². The predicted molar refractivity (Wildman–Crippen MR) is 81.8 cm³/mol. The molecule has 0 saturated carbocycles. The van der Waals surface area contributed by atoms with Crippen molar-refractivity contribution < 1.29 is 19.4 Å². The number of carbonyl (C=O) groups is 1. The number of aliphatic hydroxyl groups excluding tert-OH is 1. The number of benzene rings is 1. The Morgan fingerprint density at radius 3 is 2.33 bits per heavy atom. The highest BCUT2D eigenvalue weighted by atomic mass is 16.5. The molecule has 0 aliphatic heterocycles. The second-order valence-electron chi connectivity index (χ2n) is 5.81. The van der Waals surface area contributed by atoms with Crippen molar-refractivity contribution in [2.24, 2.45) is 11.3 Å². The molecule has 0 heterocycles. The van der Waals surface area contributed by atoms with E-state index in [0.29, 0.717) is 6.61 Å². The Balaban J connectivity index is 2.94. The topological polar surface area (TPSA) is 55.8 Å². The molecule has 0 unspecified atom stereocenters. The van der Waals surface area contributed by atoms with Crippen LogP contribution >= 0.6 is 0 Å². The summed E-state index contributed by atoms with van der Waals surface area (Å²) in [6.07, 6.45) is -1.16. The zero-order valence-corrected chi connectivity index (χ0v) is 13.5. The molecule has 1 N–H and O–H groups in total. The minimum absolute atomic E-state index is 0.253. The number of hydrogen-bond donors (Lipinski definition) is 1. The summed E-state index contributed by atoms with van der Waals surface area (Å²) in [6.45, 7) is 7.34. The van der Waals surface area contributed by atoms with Gasteiger partial charge in [-0.2, -0.15) is 0 Å². The average molecular weight is 294 g/mol. The molecule has 1 aromatic rings. The number of ether oxygens (including phenoxy) is 2. The largest absolute Gasteiger partial charge is 0.466 e. The van der Waals surface area contributed by atoms with Gasteiger partial charge in [-0.05, 0) is 26.3 Å². The van der Waals surface area contributed by atoms with Crippen LogP contribution in [0.3, 0.4) is 0 Å². The molecule has 0 fully saturated rings. The molecule has 0 aliphatic rings. The molecular formula is C17H26O4. The van der Waals surface area contributed by atoms with Crippen molar-refractivity contribution in [3.05, 3.63) is 35.9 Å². The first-order valence-electron chi connectivity index (χ1n) is 7.29. The fourth-order valence-electron chi connectivity index (χ4n) is 2.56. The molecule has 0 spiro atoms. The Bertz CT molecular complexity index is 441. The second kappa shape index (κ2) is 7.57.